The normalized spacial score (nSPS) is 31.8. The highest BCUT2D eigenvalue weighted by atomic mass is 19.3. The Morgan fingerprint density at radius 1 is 1.40 bits per heavy atom. The van der Waals surface area contributed by atoms with Gasteiger partial charge in [-0.05, 0) is 13.0 Å². The zero-order valence-electron chi connectivity index (χ0n) is 8.99. The van der Waals surface area contributed by atoms with Gasteiger partial charge in [-0.1, -0.05) is 13.3 Å². The van der Waals surface area contributed by atoms with Crippen LogP contribution in [0.2, 0.25) is 0 Å². The number of likely N-dealkylation sites (tertiary alicyclic amines) is 1. The molecular formula is C10H19F2NO2. The fourth-order valence-electron chi connectivity index (χ4n) is 1.89. The van der Waals surface area contributed by atoms with Gasteiger partial charge in [0, 0.05) is 13.1 Å². The van der Waals surface area contributed by atoms with Crippen LogP contribution in [0.5, 0.6) is 0 Å². The molecule has 0 amide bonds. The van der Waals surface area contributed by atoms with Crippen molar-refractivity contribution in [1.29, 1.82) is 0 Å². The van der Waals surface area contributed by atoms with Crippen LogP contribution in [0.1, 0.15) is 19.8 Å². The molecule has 1 aliphatic heterocycles. The number of β-amino-alcohol motifs (C(OH)–C–C–N with tert-alkyl or cyclic N) is 1. The zero-order chi connectivity index (χ0) is 11.5. The molecular weight excluding hydrogens is 204 g/mol. The summed E-state index contributed by atoms with van der Waals surface area (Å²) >= 11 is 0. The van der Waals surface area contributed by atoms with Gasteiger partial charge < -0.3 is 10.2 Å². The largest absolute Gasteiger partial charge is 0.396 e. The molecule has 0 bridgehead atoms. The van der Waals surface area contributed by atoms with Gasteiger partial charge in [-0.15, -0.1) is 0 Å². The average Bonchev–Trinajstić information content (AvgIpc) is 2.19. The number of unbranched alkanes of at least 4 members (excludes halogenated alkanes) is 1. The van der Waals surface area contributed by atoms with Crippen molar-refractivity contribution >= 4 is 0 Å². The molecule has 5 heteroatoms. The van der Waals surface area contributed by atoms with Crippen molar-refractivity contribution in [2.45, 2.75) is 31.8 Å². The fourth-order valence-corrected chi connectivity index (χ4v) is 1.89. The van der Waals surface area contributed by atoms with E-state index in [1.807, 2.05) is 6.92 Å². The van der Waals surface area contributed by atoms with Crippen LogP contribution in [-0.4, -0.2) is 53.4 Å². The third-order valence-corrected chi connectivity index (χ3v) is 2.95. The van der Waals surface area contributed by atoms with Gasteiger partial charge in [0.05, 0.1) is 12.5 Å². The van der Waals surface area contributed by atoms with Crippen LogP contribution in [-0.2, 0) is 0 Å². The van der Waals surface area contributed by atoms with E-state index in [1.54, 1.807) is 4.90 Å². The van der Waals surface area contributed by atoms with Crippen LogP contribution in [0.4, 0.5) is 8.78 Å². The molecule has 3 nitrogen and oxygen atoms in total. The van der Waals surface area contributed by atoms with E-state index in [9.17, 15) is 13.9 Å². The maximum atomic E-state index is 13.3. The number of halogens is 2. The first kappa shape index (κ1) is 12.8. The minimum atomic E-state index is -3.16. The molecule has 1 rings (SSSR count). The van der Waals surface area contributed by atoms with E-state index >= 15 is 0 Å². The molecule has 0 aromatic heterocycles. The Labute approximate surface area is 88.7 Å². The van der Waals surface area contributed by atoms with Crippen LogP contribution in [0.15, 0.2) is 0 Å². The van der Waals surface area contributed by atoms with E-state index in [0.29, 0.717) is 6.54 Å². The molecule has 0 aromatic rings. The van der Waals surface area contributed by atoms with Crippen molar-refractivity contribution in [1.82, 2.24) is 4.90 Å². The third-order valence-electron chi connectivity index (χ3n) is 2.95. The Kier molecular flexibility index (Phi) is 4.43. The van der Waals surface area contributed by atoms with E-state index in [0.717, 1.165) is 12.8 Å². The second kappa shape index (κ2) is 5.18. The smallest absolute Gasteiger partial charge is 0.280 e. The Bertz CT molecular complexity index is 202. The average molecular weight is 223 g/mol. The molecule has 1 fully saturated rings. The van der Waals surface area contributed by atoms with Gasteiger partial charge in [0.1, 0.15) is 6.10 Å². The molecule has 0 spiro atoms. The van der Waals surface area contributed by atoms with Gasteiger partial charge in [-0.3, -0.25) is 4.90 Å². The number of hydrogen-bond acceptors (Lipinski definition) is 3. The predicted octanol–water partition coefficient (Wildman–Crippen LogP) is 0.707. The summed E-state index contributed by atoms with van der Waals surface area (Å²) in [5.74, 6) is -4.30. The van der Waals surface area contributed by atoms with Crippen LogP contribution in [0, 0.1) is 5.92 Å². The molecule has 0 radical (unpaired) electrons. The van der Waals surface area contributed by atoms with Crippen molar-refractivity contribution in [2.24, 2.45) is 5.92 Å². The molecule has 1 aliphatic rings. The van der Waals surface area contributed by atoms with Crippen molar-refractivity contribution in [3.8, 4) is 0 Å². The number of alkyl halides is 2. The Hall–Kier alpha value is -0.260. The van der Waals surface area contributed by atoms with Crippen LogP contribution >= 0.6 is 0 Å². The number of hydrogen-bond donors (Lipinski definition) is 2. The van der Waals surface area contributed by atoms with E-state index in [2.05, 4.69) is 0 Å². The van der Waals surface area contributed by atoms with E-state index < -0.39 is 24.6 Å². The maximum absolute atomic E-state index is 13.3. The van der Waals surface area contributed by atoms with Gasteiger partial charge in [0.25, 0.3) is 5.92 Å². The second-order valence-electron chi connectivity index (χ2n) is 4.18. The third kappa shape index (κ3) is 2.86. The summed E-state index contributed by atoms with van der Waals surface area (Å²) in [7, 11) is 0. The van der Waals surface area contributed by atoms with Gasteiger partial charge in [0.15, 0.2) is 0 Å². The lowest BCUT2D eigenvalue weighted by Gasteiger charge is -2.40. The van der Waals surface area contributed by atoms with Crippen molar-refractivity contribution in [3.05, 3.63) is 0 Å². The minimum absolute atomic E-state index is 0.00347. The van der Waals surface area contributed by atoms with Crippen molar-refractivity contribution in [3.63, 3.8) is 0 Å². The standard InChI is InChI=1S/C10H19F2NO2/c1-2-3-4-13-5-8(7-14)10(11,12)9(15)6-13/h8-9,14-15H,2-7H2,1H3/t8-,9-/m1/s1. The summed E-state index contributed by atoms with van der Waals surface area (Å²) in [5.41, 5.74) is 0. The number of aliphatic hydroxyl groups excluding tert-OH is 2. The molecule has 0 saturated carbocycles. The van der Waals surface area contributed by atoms with Gasteiger partial charge in [-0.2, -0.15) is 0 Å². The molecule has 0 aliphatic carbocycles. The fraction of sp³-hybridized carbons (Fsp3) is 1.00. The highest BCUT2D eigenvalue weighted by molar-refractivity contribution is 4.92. The highest BCUT2D eigenvalue weighted by Crippen LogP contribution is 2.33. The van der Waals surface area contributed by atoms with Gasteiger partial charge in [-0.25, -0.2) is 8.78 Å². The first-order valence-electron chi connectivity index (χ1n) is 5.41. The molecule has 0 unspecified atom stereocenters. The molecule has 1 heterocycles. The number of nitrogens with zero attached hydrogens (tertiary/aromatic N) is 1. The Morgan fingerprint density at radius 2 is 2.07 bits per heavy atom. The zero-order valence-corrected chi connectivity index (χ0v) is 8.99. The summed E-state index contributed by atoms with van der Waals surface area (Å²) in [5, 5.41) is 18.2. The maximum Gasteiger partial charge on any atom is 0.280 e. The van der Waals surface area contributed by atoms with Gasteiger partial charge in [0.2, 0.25) is 0 Å². The molecule has 0 aromatic carbocycles. The van der Waals surface area contributed by atoms with E-state index in [4.69, 9.17) is 5.11 Å². The number of aliphatic hydroxyl groups is 2. The van der Waals surface area contributed by atoms with E-state index in [-0.39, 0.29) is 13.1 Å². The van der Waals surface area contributed by atoms with Crippen molar-refractivity contribution < 1.29 is 19.0 Å². The highest BCUT2D eigenvalue weighted by Gasteiger charge is 2.50. The second-order valence-corrected chi connectivity index (χ2v) is 4.18. The monoisotopic (exact) mass is 223 g/mol. The number of piperidine rings is 1. The first-order chi connectivity index (χ1) is 7.02. The lowest BCUT2D eigenvalue weighted by Crippen LogP contribution is -2.57. The molecule has 15 heavy (non-hydrogen) atoms. The van der Waals surface area contributed by atoms with Gasteiger partial charge >= 0.3 is 0 Å². The van der Waals surface area contributed by atoms with Crippen LogP contribution < -0.4 is 0 Å². The lowest BCUT2D eigenvalue weighted by molar-refractivity contribution is -0.192. The number of rotatable bonds is 4. The summed E-state index contributed by atoms with van der Waals surface area (Å²) in [4.78, 5) is 1.80. The first-order valence-corrected chi connectivity index (χ1v) is 5.41. The molecule has 2 N–H and O–H groups in total. The Balaban J connectivity index is 2.56. The minimum Gasteiger partial charge on any atom is -0.396 e. The van der Waals surface area contributed by atoms with Crippen LogP contribution in [0.3, 0.4) is 0 Å². The predicted molar refractivity (Wildman–Crippen MR) is 52.9 cm³/mol. The molecule has 2 atom stereocenters. The summed E-state index contributed by atoms with van der Waals surface area (Å²) in [6, 6.07) is 0. The topological polar surface area (TPSA) is 43.7 Å². The quantitative estimate of drug-likeness (QED) is 0.737. The summed E-state index contributed by atoms with van der Waals surface area (Å²) in [6.45, 7) is 2.33. The lowest BCUT2D eigenvalue weighted by atomic mass is 9.92. The summed E-state index contributed by atoms with van der Waals surface area (Å²) < 4.78 is 26.6. The summed E-state index contributed by atoms with van der Waals surface area (Å²) in [6.07, 6.45) is 0.267. The van der Waals surface area contributed by atoms with Crippen LogP contribution in [0.25, 0.3) is 0 Å². The molecule has 90 valence electrons. The molecule has 1 saturated heterocycles. The SMILES string of the molecule is CCCCN1C[C@H](CO)C(F)(F)[C@H](O)C1. The Morgan fingerprint density at radius 3 is 2.60 bits per heavy atom. The van der Waals surface area contributed by atoms with Crippen molar-refractivity contribution in [2.75, 3.05) is 26.2 Å². The van der Waals surface area contributed by atoms with E-state index in [1.165, 1.54) is 0 Å².